The number of ether oxygens (including phenoxy) is 1. The number of nitro groups is 2. The Morgan fingerprint density at radius 3 is 2.07 bits per heavy atom. The molecule has 0 aliphatic carbocycles. The molecule has 1 aromatic rings. The molecule has 0 aliphatic heterocycles. The number of nitrogens with zero attached hydrogens (tertiary/aromatic N) is 2. The van der Waals surface area contributed by atoms with Gasteiger partial charge in [0.2, 0.25) is 5.75 Å². The van der Waals surface area contributed by atoms with Crippen LogP contribution in [0.1, 0.15) is 5.56 Å². The molecule has 0 bridgehead atoms. The van der Waals surface area contributed by atoms with Gasteiger partial charge in [0.1, 0.15) is 0 Å². The lowest BCUT2D eigenvalue weighted by atomic mass is 10.1. The highest BCUT2D eigenvalue weighted by Gasteiger charge is 2.22. The second-order valence-electron chi connectivity index (χ2n) is 2.82. The largest absolute Gasteiger partial charge is 0.490 e. The zero-order valence-electron chi connectivity index (χ0n) is 8.09. The van der Waals surface area contributed by atoms with Gasteiger partial charge in [-0.05, 0) is 6.92 Å². The summed E-state index contributed by atoms with van der Waals surface area (Å²) >= 11 is 0. The fourth-order valence-corrected chi connectivity index (χ4v) is 1.16. The average molecular weight is 212 g/mol. The number of methoxy groups -OCH3 is 1. The van der Waals surface area contributed by atoms with Crippen LogP contribution in [0.2, 0.25) is 0 Å². The molecule has 0 spiro atoms. The van der Waals surface area contributed by atoms with Crippen molar-refractivity contribution in [1.82, 2.24) is 0 Å². The summed E-state index contributed by atoms with van der Waals surface area (Å²) in [4.78, 5) is 19.9. The van der Waals surface area contributed by atoms with Crippen LogP contribution in [-0.4, -0.2) is 17.0 Å². The van der Waals surface area contributed by atoms with Crippen molar-refractivity contribution in [2.24, 2.45) is 0 Å². The van der Waals surface area contributed by atoms with E-state index in [1.54, 1.807) is 0 Å². The van der Waals surface area contributed by atoms with Crippen molar-refractivity contribution >= 4 is 11.4 Å². The molecule has 0 saturated carbocycles. The minimum Gasteiger partial charge on any atom is -0.490 e. The summed E-state index contributed by atoms with van der Waals surface area (Å²) in [6, 6.07) is 2.17. The second kappa shape index (κ2) is 3.91. The van der Waals surface area contributed by atoms with E-state index in [2.05, 4.69) is 0 Å². The van der Waals surface area contributed by atoms with Gasteiger partial charge in [0.05, 0.1) is 23.0 Å². The number of nitro benzene ring substituents is 2. The van der Waals surface area contributed by atoms with E-state index in [9.17, 15) is 20.2 Å². The molecule has 0 aliphatic rings. The predicted octanol–water partition coefficient (Wildman–Crippen LogP) is 1.82. The Morgan fingerprint density at radius 2 is 1.67 bits per heavy atom. The minimum absolute atomic E-state index is 0.114. The maximum Gasteiger partial charge on any atom is 0.311 e. The third-order valence-electron chi connectivity index (χ3n) is 1.89. The second-order valence-corrected chi connectivity index (χ2v) is 2.82. The highest BCUT2D eigenvalue weighted by molar-refractivity contribution is 5.57. The summed E-state index contributed by atoms with van der Waals surface area (Å²) in [7, 11) is 1.22. The van der Waals surface area contributed by atoms with Crippen LogP contribution < -0.4 is 4.74 Å². The Balaban J connectivity index is 3.42. The van der Waals surface area contributed by atoms with Gasteiger partial charge in [-0.3, -0.25) is 20.2 Å². The number of hydrogen-bond acceptors (Lipinski definition) is 5. The number of rotatable bonds is 3. The van der Waals surface area contributed by atoms with Gasteiger partial charge in [0, 0.05) is 11.6 Å². The summed E-state index contributed by atoms with van der Waals surface area (Å²) in [5.41, 5.74) is -0.245. The van der Waals surface area contributed by atoms with Crippen LogP contribution in [0.25, 0.3) is 0 Å². The van der Waals surface area contributed by atoms with E-state index in [-0.39, 0.29) is 22.7 Å². The predicted molar refractivity (Wildman–Crippen MR) is 51.0 cm³/mol. The Bertz CT molecular complexity index is 429. The van der Waals surface area contributed by atoms with E-state index in [0.29, 0.717) is 0 Å². The first-order chi connectivity index (χ1) is 6.97. The fourth-order valence-electron chi connectivity index (χ4n) is 1.16. The van der Waals surface area contributed by atoms with Gasteiger partial charge in [0.15, 0.2) is 0 Å². The molecule has 80 valence electrons. The molecule has 0 amide bonds. The van der Waals surface area contributed by atoms with E-state index in [0.717, 1.165) is 12.1 Å². The van der Waals surface area contributed by atoms with Crippen LogP contribution in [0.5, 0.6) is 5.75 Å². The molecule has 0 radical (unpaired) electrons. The normalized spacial score (nSPS) is 9.73. The van der Waals surface area contributed by atoms with Crippen molar-refractivity contribution in [3.8, 4) is 5.75 Å². The lowest BCUT2D eigenvalue weighted by Gasteiger charge is -2.03. The number of aryl methyl sites for hydroxylation is 1. The SMILES string of the molecule is COc1cc([N+](=O)[O-])c(C)cc1[N+](=O)[O-]. The molecule has 0 N–H and O–H groups in total. The van der Waals surface area contributed by atoms with Crippen LogP contribution in [-0.2, 0) is 0 Å². The van der Waals surface area contributed by atoms with Crippen molar-refractivity contribution < 1.29 is 14.6 Å². The highest BCUT2D eigenvalue weighted by atomic mass is 16.6. The fraction of sp³-hybridized carbons (Fsp3) is 0.250. The monoisotopic (exact) mass is 212 g/mol. The highest BCUT2D eigenvalue weighted by Crippen LogP contribution is 2.33. The molecule has 0 saturated heterocycles. The molecule has 7 heteroatoms. The van der Waals surface area contributed by atoms with E-state index in [1.165, 1.54) is 14.0 Å². The first-order valence-electron chi connectivity index (χ1n) is 3.94. The Morgan fingerprint density at radius 1 is 1.13 bits per heavy atom. The van der Waals surface area contributed by atoms with Crippen molar-refractivity contribution in [1.29, 1.82) is 0 Å². The maximum atomic E-state index is 10.6. The summed E-state index contributed by atoms with van der Waals surface area (Å²) in [5, 5.41) is 21.1. The van der Waals surface area contributed by atoms with E-state index in [1.807, 2.05) is 0 Å². The van der Waals surface area contributed by atoms with Gasteiger partial charge in [-0.2, -0.15) is 0 Å². The summed E-state index contributed by atoms with van der Waals surface area (Å²) < 4.78 is 4.71. The summed E-state index contributed by atoms with van der Waals surface area (Å²) in [6.45, 7) is 1.44. The Kier molecular flexibility index (Phi) is 2.84. The molecule has 0 heterocycles. The molecule has 0 fully saturated rings. The van der Waals surface area contributed by atoms with E-state index < -0.39 is 9.85 Å². The molecule has 7 nitrogen and oxygen atoms in total. The molecular weight excluding hydrogens is 204 g/mol. The Labute approximate surface area is 84.6 Å². The Hall–Kier alpha value is -2.18. The van der Waals surface area contributed by atoms with Crippen molar-refractivity contribution in [3.05, 3.63) is 37.9 Å². The van der Waals surface area contributed by atoms with Gasteiger partial charge in [-0.1, -0.05) is 0 Å². The van der Waals surface area contributed by atoms with Gasteiger partial charge >= 0.3 is 5.69 Å². The van der Waals surface area contributed by atoms with Gasteiger partial charge in [-0.15, -0.1) is 0 Å². The van der Waals surface area contributed by atoms with Gasteiger partial charge in [-0.25, -0.2) is 0 Å². The minimum atomic E-state index is -0.643. The smallest absolute Gasteiger partial charge is 0.311 e. The molecule has 1 aromatic carbocycles. The van der Waals surface area contributed by atoms with Crippen LogP contribution in [0.15, 0.2) is 12.1 Å². The number of hydrogen-bond donors (Lipinski definition) is 0. The van der Waals surface area contributed by atoms with Crippen molar-refractivity contribution in [3.63, 3.8) is 0 Å². The molecule has 0 atom stereocenters. The lowest BCUT2D eigenvalue weighted by Crippen LogP contribution is -1.98. The van der Waals surface area contributed by atoms with Crippen LogP contribution >= 0.6 is 0 Å². The zero-order valence-corrected chi connectivity index (χ0v) is 8.09. The average Bonchev–Trinajstić information content (AvgIpc) is 2.16. The molecule has 0 aromatic heterocycles. The van der Waals surface area contributed by atoms with Crippen molar-refractivity contribution in [2.75, 3.05) is 7.11 Å². The first kappa shape index (κ1) is 10.9. The summed E-state index contributed by atoms with van der Waals surface area (Å²) in [5.74, 6) is -0.114. The van der Waals surface area contributed by atoms with Crippen LogP contribution in [0, 0.1) is 27.2 Å². The quantitative estimate of drug-likeness (QED) is 0.562. The molecular formula is C8H8N2O5. The third-order valence-corrected chi connectivity index (χ3v) is 1.89. The van der Waals surface area contributed by atoms with E-state index in [4.69, 9.17) is 4.74 Å². The standard InChI is InChI=1S/C8H8N2O5/c1-5-3-7(10(13)14)8(15-2)4-6(5)9(11)12/h3-4H,1-2H3. The third kappa shape index (κ3) is 2.01. The first-order valence-corrected chi connectivity index (χ1v) is 3.94. The topological polar surface area (TPSA) is 95.5 Å². The lowest BCUT2D eigenvalue weighted by molar-refractivity contribution is -0.390. The van der Waals surface area contributed by atoms with E-state index >= 15 is 0 Å². The maximum absolute atomic E-state index is 10.6. The summed E-state index contributed by atoms with van der Waals surface area (Å²) in [6.07, 6.45) is 0. The van der Waals surface area contributed by atoms with Crippen LogP contribution in [0.4, 0.5) is 11.4 Å². The van der Waals surface area contributed by atoms with Crippen molar-refractivity contribution in [2.45, 2.75) is 6.92 Å². The van der Waals surface area contributed by atoms with Gasteiger partial charge in [0.25, 0.3) is 5.69 Å². The molecule has 1 rings (SSSR count). The zero-order chi connectivity index (χ0) is 11.6. The van der Waals surface area contributed by atoms with Gasteiger partial charge < -0.3 is 4.74 Å². The molecule has 0 unspecified atom stereocenters. The number of benzene rings is 1. The van der Waals surface area contributed by atoms with Crippen LogP contribution in [0.3, 0.4) is 0 Å². The molecule has 15 heavy (non-hydrogen) atoms.